The summed E-state index contributed by atoms with van der Waals surface area (Å²) in [4.78, 5) is 37.9. The Kier molecular flexibility index (Phi) is 48.4. The van der Waals surface area contributed by atoms with E-state index in [1.54, 1.807) is 0 Å². The molecule has 0 N–H and O–H groups in total. The fourth-order valence-electron chi connectivity index (χ4n) is 7.23. The summed E-state index contributed by atoms with van der Waals surface area (Å²) in [6.45, 7) is 6.55. The SMILES string of the molecule is CCCC/C=C\C/C=C\CCCCCCCC(=O)OC(COC(=O)CCCCCCCC/C=C\C/C=C\C/C=C\CCCCCCC)COC(=O)CCCCCCCCCCC. The molecule has 0 aliphatic carbocycles. The lowest BCUT2D eigenvalue weighted by Crippen LogP contribution is -2.30. The third kappa shape index (κ3) is 48.1. The van der Waals surface area contributed by atoms with Crippen molar-refractivity contribution in [3.8, 4) is 0 Å². The quantitative estimate of drug-likeness (QED) is 0.0262. The molecule has 358 valence electrons. The summed E-state index contributed by atoms with van der Waals surface area (Å²) in [6, 6.07) is 0. The summed E-state index contributed by atoms with van der Waals surface area (Å²) in [5.74, 6) is -0.909. The van der Waals surface area contributed by atoms with Gasteiger partial charge in [0, 0.05) is 19.3 Å². The van der Waals surface area contributed by atoms with Gasteiger partial charge >= 0.3 is 17.9 Å². The zero-order valence-electron chi connectivity index (χ0n) is 40.9. The molecule has 62 heavy (non-hydrogen) atoms. The first-order valence-electron chi connectivity index (χ1n) is 26.3. The zero-order chi connectivity index (χ0) is 45.1. The highest BCUT2D eigenvalue weighted by molar-refractivity contribution is 5.71. The summed E-state index contributed by atoms with van der Waals surface area (Å²) in [7, 11) is 0. The van der Waals surface area contributed by atoms with Gasteiger partial charge in [0.25, 0.3) is 0 Å². The Hall–Kier alpha value is -2.89. The molecule has 0 aromatic rings. The molecule has 0 saturated carbocycles. The Morgan fingerprint density at radius 2 is 0.597 bits per heavy atom. The van der Waals surface area contributed by atoms with Gasteiger partial charge in [-0.05, 0) is 83.5 Å². The molecule has 0 rings (SSSR count). The molecule has 0 aromatic heterocycles. The summed E-state index contributed by atoms with van der Waals surface area (Å²) in [6.07, 6.45) is 62.1. The lowest BCUT2D eigenvalue weighted by molar-refractivity contribution is -0.167. The minimum absolute atomic E-state index is 0.0832. The van der Waals surface area contributed by atoms with Crippen LogP contribution in [0.15, 0.2) is 60.8 Å². The van der Waals surface area contributed by atoms with E-state index >= 15 is 0 Å². The van der Waals surface area contributed by atoms with Gasteiger partial charge < -0.3 is 14.2 Å². The fourth-order valence-corrected chi connectivity index (χ4v) is 7.23. The van der Waals surface area contributed by atoms with E-state index in [4.69, 9.17) is 14.2 Å². The minimum atomic E-state index is -0.784. The highest BCUT2D eigenvalue weighted by Gasteiger charge is 2.19. The molecule has 6 nitrogen and oxygen atoms in total. The molecule has 0 spiro atoms. The number of carbonyl (C=O) groups excluding carboxylic acids is 3. The predicted molar refractivity (Wildman–Crippen MR) is 265 cm³/mol. The van der Waals surface area contributed by atoms with Crippen molar-refractivity contribution in [2.75, 3.05) is 13.2 Å². The molecule has 0 amide bonds. The van der Waals surface area contributed by atoms with Gasteiger partial charge in [-0.15, -0.1) is 0 Å². The molecule has 0 aliphatic heterocycles. The molecule has 0 bridgehead atoms. The van der Waals surface area contributed by atoms with Gasteiger partial charge in [-0.3, -0.25) is 14.4 Å². The van der Waals surface area contributed by atoms with E-state index in [1.807, 2.05) is 0 Å². The summed E-state index contributed by atoms with van der Waals surface area (Å²) in [5.41, 5.74) is 0. The van der Waals surface area contributed by atoms with Crippen LogP contribution in [-0.2, 0) is 28.6 Å². The van der Waals surface area contributed by atoms with Gasteiger partial charge in [-0.25, -0.2) is 0 Å². The van der Waals surface area contributed by atoms with Crippen molar-refractivity contribution >= 4 is 17.9 Å². The number of carbonyl (C=O) groups is 3. The van der Waals surface area contributed by atoms with Gasteiger partial charge in [0.15, 0.2) is 6.10 Å². The number of allylic oxidation sites excluding steroid dienone is 10. The van der Waals surface area contributed by atoms with Gasteiger partial charge in [-0.1, -0.05) is 216 Å². The second kappa shape index (κ2) is 50.8. The maximum atomic E-state index is 12.8. The maximum Gasteiger partial charge on any atom is 0.306 e. The Bertz CT molecular complexity index is 1130. The average molecular weight is 867 g/mol. The molecule has 0 aliphatic rings. The number of hydrogen-bond acceptors (Lipinski definition) is 6. The van der Waals surface area contributed by atoms with Crippen LogP contribution in [0.2, 0.25) is 0 Å². The summed E-state index contributed by atoms with van der Waals surface area (Å²) >= 11 is 0. The van der Waals surface area contributed by atoms with Crippen molar-refractivity contribution < 1.29 is 28.6 Å². The summed E-state index contributed by atoms with van der Waals surface area (Å²) < 4.78 is 16.7. The molecule has 1 unspecified atom stereocenters. The molecule has 0 aromatic carbocycles. The van der Waals surface area contributed by atoms with Crippen LogP contribution in [0.1, 0.15) is 258 Å². The predicted octanol–water partition coefficient (Wildman–Crippen LogP) is 17.3. The standard InChI is InChI=1S/C56H98O6/c1-4-7-10-13-16-19-21-23-25-26-27-28-29-30-31-33-34-37-40-43-46-49-55(58)61-52-53(51-60-54(57)48-45-42-39-36-18-15-12-9-6-3)62-56(59)50-47-44-41-38-35-32-24-22-20-17-14-11-8-5-2/h14,17,21-24,26-27,29-30,53H,4-13,15-16,18-20,25,28,31-52H2,1-3H3/b17-14-,23-21-,24-22-,27-26-,30-29-. The first-order chi connectivity index (χ1) is 30.5. The van der Waals surface area contributed by atoms with Crippen LogP contribution in [0, 0.1) is 0 Å². The Morgan fingerprint density at radius 3 is 0.952 bits per heavy atom. The van der Waals surface area contributed by atoms with E-state index in [1.165, 1.54) is 116 Å². The van der Waals surface area contributed by atoms with Crippen LogP contribution in [-0.4, -0.2) is 37.2 Å². The van der Waals surface area contributed by atoms with Crippen LogP contribution in [0.5, 0.6) is 0 Å². The first kappa shape index (κ1) is 59.1. The number of ether oxygens (including phenoxy) is 3. The molecule has 0 radical (unpaired) electrons. The number of hydrogen-bond donors (Lipinski definition) is 0. The van der Waals surface area contributed by atoms with E-state index in [0.29, 0.717) is 19.3 Å². The van der Waals surface area contributed by atoms with Gasteiger partial charge in [0.2, 0.25) is 0 Å². The lowest BCUT2D eigenvalue weighted by atomic mass is 10.1. The number of rotatable bonds is 47. The third-order valence-corrected chi connectivity index (χ3v) is 11.2. The molecule has 6 heteroatoms. The first-order valence-corrected chi connectivity index (χ1v) is 26.3. The average Bonchev–Trinajstić information content (AvgIpc) is 3.27. The van der Waals surface area contributed by atoms with Crippen LogP contribution in [0.4, 0.5) is 0 Å². The van der Waals surface area contributed by atoms with Crippen molar-refractivity contribution in [2.24, 2.45) is 0 Å². The van der Waals surface area contributed by atoms with Crippen molar-refractivity contribution in [2.45, 2.75) is 264 Å². The van der Waals surface area contributed by atoms with Crippen LogP contribution in [0.25, 0.3) is 0 Å². The third-order valence-electron chi connectivity index (χ3n) is 11.2. The Balaban J connectivity index is 4.33. The largest absolute Gasteiger partial charge is 0.462 e. The van der Waals surface area contributed by atoms with Crippen molar-refractivity contribution in [3.05, 3.63) is 60.8 Å². The topological polar surface area (TPSA) is 78.9 Å². The van der Waals surface area contributed by atoms with E-state index in [-0.39, 0.29) is 31.1 Å². The Labute approximate surface area is 383 Å². The molecule has 0 heterocycles. The van der Waals surface area contributed by atoms with E-state index < -0.39 is 6.10 Å². The van der Waals surface area contributed by atoms with Crippen LogP contribution in [0.3, 0.4) is 0 Å². The van der Waals surface area contributed by atoms with E-state index in [0.717, 1.165) is 103 Å². The van der Waals surface area contributed by atoms with E-state index in [2.05, 4.69) is 81.5 Å². The molecule has 0 saturated heterocycles. The molecule has 0 fully saturated rings. The monoisotopic (exact) mass is 867 g/mol. The number of unbranched alkanes of at least 4 members (excludes halogenated alkanes) is 26. The Morgan fingerprint density at radius 1 is 0.323 bits per heavy atom. The van der Waals surface area contributed by atoms with Crippen LogP contribution < -0.4 is 0 Å². The minimum Gasteiger partial charge on any atom is -0.462 e. The zero-order valence-corrected chi connectivity index (χ0v) is 40.9. The highest BCUT2D eigenvalue weighted by atomic mass is 16.6. The smallest absolute Gasteiger partial charge is 0.306 e. The normalized spacial score (nSPS) is 12.5. The highest BCUT2D eigenvalue weighted by Crippen LogP contribution is 2.14. The molecule has 1 atom stereocenters. The molecular formula is C56H98O6. The number of esters is 3. The van der Waals surface area contributed by atoms with Gasteiger partial charge in [0.05, 0.1) is 0 Å². The summed E-state index contributed by atoms with van der Waals surface area (Å²) in [5, 5.41) is 0. The second-order valence-corrected chi connectivity index (χ2v) is 17.4. The molecular weight excluding hydrogens is 769 g/mol. The lowest BCUT2D eigenvalue weighted by Gasteiger charge is -2.18. The van der Waals surface area contributed by atoms with Crippen LogP contribution >= 0.6 is 0 Å². The van der Waals surface area contributed by atoms with E-state index in [9.17, 15) is 14.4 Å². The van der Waals surface area contributed by atoms with Gasteiger partial charge in [-0.2, -0.15) is 0 Å². The van der Waals surface area contributed by atoms with Gasteiger partial charge in [0.1, 0.15) is 13.2 Å². The van der Waals surface area contributed by atoms with Crippen molar-refractivity contribution in [1.82, 2.24) is 0 Å². The maximum absolute atomic E-state index is 12.8. The van der Waals surface area contributed by atoms with Crippen molar-refractivity contribution in [3.63, 3.8) is 0 Å². The van der Waals surface area contributed by atoms with Crippen molar-refractivity contribution in [1.29, 1.82) is 0 Å². The second-order valence-electron chi connectivity index (χ2n) is 17.4. The fraction of sp³-hybridized carbons (Fsp3) is 0.768.